The molecule has 0 aromatic carbocycles. The number of allylic oxidation sites excluding steroid dienone is 2. The van der Waals surface area contributed by atoms with Gasteiger partial charge in [-0.05, 0) is 37.5 Å². The van der Waals surface area contributed by atoms with Crippen LogP contribution in [0, 0.1) is 11.8 Å². The Morgan fingerprint density at radius 3 is 1.37 bits per heavy atom. The molecule has 2 aliphatic rings. The van der Waals surface area contributed by atoms with Crippen molar-refractivity contribution in [3.8, 4) is 0 Å². The number of hydrogen-bond donors (Lipinski definition) is 0. The van der Waals surface area contributed by atoms with E-state index in [1.165, 1.54) is 49.3 Å². The molecule has 0 unspecified atom stereocenters. The second-order valence-corrected chi connectivity index (χ2v) is 7.76. The van der Waals surface area contributed by atoms with Gasteiger partial charge >= 0.3 is 0 Å². The lowest BCUT2D eigenvalue weighted by Gasteiger charge is -2.18. The van der Waals surface area contributed by atoms with Gasteiger partial charge in [-0.1, -0.05) is 50.7 Å². The molecule has 0 aromatic rings. The van der Waals surface area contributed by atoms with Crippen molar-refractivity contribution in [2.75, 3.05) is 0 Å². The van der Waals surface area contributed by atoms with Gasteiger partial charge in [-0.15, -0.1) is 0 Å². The highest BCUT2D eigenvalue weighted by molar-refractivity contribution is 7.97. The molecule has 0 spiro atoms. The lowest BCUT2D eigenvalue weighted by Crippen LogP contribution is -2.04. The lowest BCUT2D eigenvalue weighted by atomic mass is 9.90. The second-order valence-electron chi connectivity index (χ2n) is 6.04. The van der Waals surface area contributed by atoms with E-state index < -0.39 is 9.84 Å². The van der Waals surface area contributed by atoms with E-state index in [-0.39, 0.29) is 0 Å². The van der Waals surface area contributed by atoms with Crippen LogP contribution in [0.15, 0.2) is 23.0 Å². The Balaban J connectivity index is 1.86. The minimum atomic E-state index is -3.14. The van der Waals surface area contributed by atoms with Gasteiger partial charge in [-0.25, -0.2) is 8.42 Å². The average Bonchev–Trinajstić information content (AvgIpc) is 2.46. The minimum Gasteiger partial charge on any atom is -0.220 e. The van der Waals surface area contributed by atoms with Crippen molar-refractivity contribution in [1.82, 2.24) is 0 Å². The summed E-state index contributed by atoms with van der Waals surface area (Å²) < 4.78 is 23.9. The molecule has 0 bridgehead atoms. The standard InChI is InChI=1S/C16H26O2S/c17-19(18,13-11-15-7-3-1-4-8-15)14-12-16-9-5-2-6-10-16/h11-16H,1-10H2. The molecule has 0 aromatic heterocycles. The fourth-order valence-electron chi connectivity index (χ4n) is 3.14. The van der Waals surface area contributed by atoms with Crippen molar-refractivity contribution >= 4 is 9.84 Å². The van der Waals surface area contributed by atoms with Crippen LogP contribution < -0.4 is 0 Å². The summed E-state index contributed by atoms with van der Waals surface area (Å²) in [6.07, 6.45) is 16.0. The third kappa shape index (κ3) is 5.52. The number of rotatable bonds is 4. The van der Waals surface area contributed by atoms with Crippen LogP contribution in [0.4, 0.5) is 0 Å². The van der Waals surface area contributed by atoms with E-state index in [9.17, 15) is 8.42 Å². The maximum atomic E-state index is 11.9. The van der Waals surface area contributed by atoms with Gasteiger partial charge in [0.25, 0.3) is 0 Å². The molecule has 2 aliphatic carbocycles. The number of hydrogen-bond acceptors (Lipinski definition) is 2. The molecule has 0 atom stereocenters. The zero-order chi connectivity index (χ0) is 13.6. The zero-order valence-corrected chi connectivity index (χ0v) is 12.6. The highest BCUT2D eigenvalue weighted by atomic mass is 32.2. The van der Waals surface area contributed by atoms with Crippen molar-refractivity contribution in [2.45, 2.75) is 64.2 Å². The molecule has 0 N–H and O–H groups in total. The molecule has 2 nitrogen and oxygen atoms in total. The average molecular weight is 282 g/mol. The summed E-state index contributed by atoms with van der Waals surface area (Å²) in [4.78, 5) is 0. The molecule has 108 valence electrons. The summed E-state index contributed by atoms with van der Waals surface area (Å²) in [6, 6.07) is 0. The monoisotopic (exact) mass is 282 g/mol. The van der Waals surface area contributed by atoms with Gasteiger partial charge in [-0.3, -0.25) is 0 Å². The van der Waals surface area contributed by atoms with Gasteiger partial charge in [0.05, 0.1) is 0 Å². The van der Waals surface area contributed by atoms with Gasteiger partial charge in [0, 0.05) is 10.8 Å². The van der Waals surface area contributed by atoms with E-state index >= 15 is 0 Å². The predicted molar refractivity (Wildman–Crippen MR) is 80.3 cm³/mol. The maximum absolute atomic E-state index is 11.9. The van der Waals surface area contributed by atoms with Crippen LogP contribution in [0.2, 0.25) is 0 Å². The number of sulfone groups is 1. The molecule has 2 saturated carbocycles. The summed E-state index contributed by atoms with van der Waals surface area (Å²) in [5, 5.41) is 2.87. The first-order valence-corrected chi connectivity index (χ1v) is 9.38. The fourth-order valence-corrected chi connectivity index (χ4v) is 4.11. The van der Waals surface area contributed by atoms with Crippen molar-refractivity contribution in [3.63, 3.8) is 0 Å². The van der Waals surface area contributed by atoms with Crippen LogP contribution >= 0.6 is 0 Å². The quantitative estimate of drug-likeness (QED) is 0.755. The van der Waals surface area contributed by atoms with Crippen molar-refractivity contribution in [3.05, 3.63) is 23.0 Å². The van der Waals surface area contributed by atoms with Crippen LogP contribution in [0.25, 0.3) is 0 Å². The van der Waals surface area contributed by atoms with E-state index in [0.29, 0.717) is 11.8 Å². The zero-order valence-electron chi connectivity index (χ0n) is 11.8. The van der Waals surface area contributed by atoms with Crippen molar-refractivity contribution < 1.29 is 8.42 Å². The van der Waals surface area contributed by atoms with Crippen LogP contribution in [0.5, 0.6) is 0 Å². The third-order valence-electron chi connectivity index (χ3n) is 4.38. The van der Waals surface area contributed by atoms with E-state index in [2.05, 4.69) is 0 Å². The summed E-state index contributed by atoms with van der Waals surface area (Å²) in [6.45, 7) is 0. The summed E-state index contributed by atoms with van der Waals surface area (Å²) in [5.41, 5.74) is 0. The summed E-state index contributed by atoms with van der Waals surface area (Å²) in [7, 11) is -3.14. The molecule has 2 fully saturated rings. The molecule has 0 radical (unpaired) electrons. The first-order valence-electron chi connectivity index (χ1n) is 7.77. The van der Waals surface area contributed by atoms with Gasteiger partial charge in [0.2, 0.25) is 0 Å². The first-order chi connectivity index (χ1) is 9.16. The normalized spacial score (nSPS) is 24.4. The van der Waals surface area contributed by atoms with Crippen LogP contribution in [0.1, 0.15) is 64.2 Å². The Morgan fingerprint density at radius 2 is 1.00 bits per heavy atom. The van der Waals surface area contributed by atoms with Crippen LogP contribution in [0.3, 0.4) is 0 Å². The van der Waals surface area contributed by atoms with Crippen LogP contribution in [-0.2, 0) is 9.84 Å². The molecule has 2 rings (SSSR count). The van der Waals surface area contributed by atoms with Gasteiger partial charge < -0.3 is 0 Å². The maximum Gasteiger partial charge on any atom is 0.192 e. The van der Waals surface area contributed by atoms with E-state index in [1.54, 1.807) is 0 Å². The molecule has 0 saturated heterocycles. The fraction of sp³-hybridized carbons (Fsp3) is 0.750. The van der Waals surface area contributed by atoms with Crippen LogP contribution in [-0.4, -0.2) is 8.42 Å². The molecular formula is C16H26O2S. The van der Waals surface area contributed by atoms with Gasteiger partial charge in [0.15, 0.2) is 9.84 Å². The Bertz CT molecular complexity index is 374. The highest BCUT2D eigenvalue weighted by Crippen LogP contribution is 2.26. The largest absolute Gasteiger partial charge is 0.220 e. The first kappa shape index (κ1) is 14.8. The molecular weight excluding hydrogens is 256 g/mol. The molecule has 19 heavy (non-hydrogen) atoms. The Morgan fingerprint density at radius 1 is 0.632 bits per heavy atom. The Kier molecular flexibility index (Phi) is 5.68. The molecule has 0 heterocycles. The lowest BCUT2D eigenvalue weighted by molar-refractivity contribution is 0.419. The van der Waals surface area contributed by atoms with E-state index in [1.807, 2.05) is 12.2 Å². The van der Waals surface area contributed by atoms with Crippen molar-refractivity contribution in [1.29, 1.82) is 0 Å². The smallest absolute Gasteiger partial charge is 0.192 e. The molecule has 3 heteroatoms. The summed E-state index contributed by atoms with van der Waals surface area (Å²) in [5.74, 6) is 0.957. The second kappa shape index (κ2) is 7.28. The minimum absolute atomic E-state index is 0.478. The molecule has 0 amide bonds. The predicted octanol–water partition coefficient (Wildman–Crippen LogP) is 4.59. The van der Waals surface area contributed by atoms with Gasteiger partial charge in [0.1, 0.15) is 0 Å². The van der Waals surface area contributed by atoms with E-state index in [0.717, 1.165) is 25.7 Å². The van der Waals surface area contributed by atoms with E-state index in [4.69, 9.17) is 0 Å². The van der Waals surface area contributed by atoms with Crippen molar-refractivity contribution in [2.24, 2.45) is 11.8 Å². The topological polar surface area (TPSA) is 34.1 Å². The van der Waals surface area contributed by atoms with Gasteiger partial charge in [-0.2, -0.15) is 0 Å². The Labute approximate surface area is 117 Å². The highest BCUT2D eigenvalue weighted by Gasteiger charge is 2.13. The Hall–Kier alpha value is -0.570. The molecule has 0 aliphatic heterocycles. The SMILES string of the molecule is O=S(=O)(C=CC1CCCCC1)C=CC1CCCCC1. The summed E-state index contributed by atoms with van der Waals surface area (Å²) >= 11 is 0. The third-order valence-corrected chi connectivity index (χ3v) is 5.45.